The van der Waals surface area contributed by atoms with Crippen molar-refractivity contribution in [1.29, 1.82) is 0 Å². The maximum atomic E-state index is 11.7. The summed E-state index contributed by atoms with van der Waals surface area (Å²) in [7, 11) is 0. The Morgan fingerprint density at radius 3 is 2.48 bits per heavy atom. The SMILES string of the molecule is Cc1nn(CCCCC(C)(NC(C)C)C(N)=O)c(C)c1Br. The monoisotopic (exact) mass is 358 g/mol. The zero-order valence-electron chi connectivity index (χ0n) is 13.7. The fourth-order valence-electron chi connectivity index (χ4n) is 2.54. The Morgan fingerprint density at radius 1 is 1.43 bits per heavy atom. The van der Waals surface area contributed by atoms with Crippen LogP contribution in [-0.2, 0) is 11.3 Å². The van der Waals surface area contributed by atoms with Crippen LogP contribution in [0.3, 0.4) is 0 Å². The van der Waals surface area contributed by atoms with Gasteiger partial charge in [-0.2, -0.15) is 5.10 Å². The van der Waals surface area contributed by atoms with Crippen molar-refractivity contribution in [2.24, 2.45) is 5.73 Å². The minimum Gasteiger partial charge on any atom is -0.368 e. The van der Waals surface area contributed by atoms with Crippen molar-refractivity contribution in [3.8, 4) is 0 Å². The van der Waals surface area contributed by atoms with E-state index in [9.17, 15) is 4.79 Å². The molecule has 1 aromatic rings. The number of nitrogens with two attached hydrogens (primary N) is 1. The van der Waals surface area contributed by atoms with E-state index in [4.69, 9.17) is 5.73 Å². The van der Waals surface area contributed by atoms with Crippen LogP contribution in [0.1, 0.15) is 51.4 Å². The average molecular weight is 359 g/mol. The van der Waals surface area contributed by atoms with Crippen LogP contribution < -0.4 is 11.1 Å². The number of halogens is 1. The summed E-state index contributed by atoms with van der Waals surface area (Å²) in [4.78, 5) is 11.7. The fourth-order valence-corrected chi connectivity index (χ4v) is 2.82. The predicted molar refractivity (Wildman–Crippen MR) is 89.1 cm³/mol. The van der Waals surface area contributed by atoms with Crippen LogP contribution in [0.5, 0.6) is 0 Å². The first-order valence-corrected chi connectivity index (χ1v) is 8.24. The van der Waals surface area contributed by atoms with Gasteiger partial charge in [-0.15, -0.1) is 0 Å². The Balaban J connectivity index is 2.52. The molecule has 1 aromatic heterocycles. The first-order chi connectivity index (χ1) is 9.67. The number of primary amides is 1. The van der Waals surface area contributed by atoms with Crippen LogP contribution in [-0.4, -0.2) is 27.3 Å². The summed E-state index contributed by atoms with van der Waals surface area (Å²) in [6, 6.07) is 0.231. The van der Waals surface area contributed by atoms with E-state index in [2.05, 4.69) is 33.3 Å². The Kier molecular flexibility index (Phi) is 6.41. The number of aryl methyl sites for hydroxylation is 2. The maximum Gasteiger partial charge on any atom is 0.237 e. The summed E-state index contributed by atoms with van der Waals surface area (Å²) in [5, 5.41) is 7.76. The second-order valence-electron chi connectivity index (χ2n) is 6.16. The molecule has 0 aliphatic carbocycles. The molecule has 21 heavy (non-hydrogen) atoms. The normalized spacial score (nSPS) is 14.4. The van der Waals surface area contributed by atoms with E-state index in [-0.39, 0.29) is 11.9 Å². The molecule has 6 heteroatoms. The molecule has 0 radical (unpaired) electrons. The molecule has 0 saturated carbocycles. The van der Waals surface area contributed by atoms with Gasteiger partial charge in [0.2, 0.25) is 5.91 Å². The van der Waals surface area contributed by atoms with Crippen molar-refractivity contribution >= 4 is 21.8 Å². The highest BCUT2D eigenvalue weighted by Gasteiger charge is 2.30. The van der Waals surface area contributed by atoms with E-state index >= 15 is 0 Å². The number of hydrogen-bond donors (Lipinski definition) is 2. The van der Waals surface area contributed by atoms with Crippen molar-refractivity contribution in [3.63, 3.8) is 0 Å². The van der Waals surface area contributed by atoms with Gasteiger partial charge in [0.1, 0.15) is 0 Å². The third-order valence-electron chi connectivity index (χ3n) is 3.74. The molecular formula is C15H27BrN4O. The van der Waals surface area contributed by atoms with Crippen LogP contribution >= 0.6 is 15.9 Å². The molecule has 120 valence electrons. The zero-order chi connectivity index (χ0) is 16.2. The van der Waals surface area contributed by atoms with Crippen LogP contribution in [0.25, 0.3) is 0 Å². The summed E-state index contributed by atoms with van der Waals surface area (Å²) in [6.45, 7) is 10.8. The number of carbonyl (C=O) groups excluding carboxylic acids is 1. The van der Waals surface area contributed by atoms with Crippen LogP contribution in [0.4, 0.5) is 0 Å². The van der Waals surface area contributed by atoms with E-state index in [0.29, 0.717) is 0 Å². The molecule has 3 N–H and O–H groups in total. The van der Waals surface area contributed by atoms with Crippen LogP contribution in [0, 0.1) is 13.8 Å². The summed E-state index contributed by atoms with van der Waals surface area (Å²) in [5.41, 5.74) is 7.05. The highest BCUT2D eigenvalue weighted by atomic mass is 79.9. The van der Waals surface area contributed by atoms with Gasteiger partial charge < -0.3 is 11.1 Å². The van der Waals surface area contributed by atoms with Gasteiger partial charge in [-0.1, -0.05) is 0 Å². The number of nitrogens with one attached hydrogen (secondary N) is 1. The van der Waals surface area contributed by atoms with Crippen LogP contribution in [0.15, 0.2) is 4.47 Å². The first kappa shape index (κ1) is 18.2. The van der Waals surface area contributed by atoms with Gasteiger partial charge >= 0.3 is 0 Å². The minimum absolute atomic E-state index is 0.231. The number of aromatic nitrogens is 2. The second kappa shape index (κ2) is 7.40. The Bertz CT molecular complexity index is 498. The molecular weight excluding hydrogens is 332 g/mol. The van der Waals surface area contributed by atoms with Crippen molar-refractivity contribution in [3.05, 3.63) is 15.9 Å². The van der Waals surface area contributed by atoms with Crippen molar-refractivity contribution in [2.45, 2.75) is 72.0 Å². The predicted octanol–water partition coefficient (Wildman–Crippen LogP) is 2.67. The van der Waals surface area contributed by atoms with Gasteiger partial charge in [0.15, 0.2) is 0 Å². The van der Waals surface area contributed by atoms with Gasteiger partial charge in [-0.25, -0.2) is 0 Å². The molecule has 1 rings (SSSR count). The van der Waals surface area contributed by atoms with Crippen molar-refractivity contribution in [1.82, 2.24) is 15.1 Å². The Morgan fingerprint density at radius 2 is 2.05 bits per heavy atom. The standard InChI is InChI=1S/C15H27BrN4O/c1-10(2)18-15(5,14(17)21)8-6-7-9-20-12(4)13(16)11(3)19-20/h10,18H,6-9H2,1-5H3,(H2,17,21). The van der Waals surface area contributed by atoms with E-state index in [0.717, 1.165) is 41.7 Å². The Hall–Kier alpha value is -0.880. The lowest BCUT2D eigenvalue weighted by molar-refractivity contribution is -0.124. The third-order valence-corrected chi connectivity index (χ3v) is 4.89. The van der Waals surface area contributed by atoms with E-state index < -0.39 is 5.54 Å². The van der Waals surface area contributed by atoms with Gasteiger partial charge in [0.05, 0.1) is 15.7 Å². The van der Waals surface area contributed by atoms with Gasteiger partial charge in [0, 0.05) is 18.3 Å². The lowest BCUT2D eigenvalue weighted by atomic mass is 9.93. The van der Waals surface area contributed by atoms with E-state index in [1.807, 2.05) is 32.4 Å². The smallest absolute Gasteiger partial charge is 0.237 e. The molecule has 0 bridgehead atoms. The largest absolute Gasteiger partial charge is 0.368 e. The molecule has 0 aliphatic heterocycles. The van der Waals surface area contributed by atoms with Gasteiger partial charge in [-0.05, 0) is 69.8 Å². The molecule has 0 aromatic carbocycles. The molecule has 1 atom stereocenters. The average Bonchev–Trinajstić information content (AvgIpc) is 2.61. The summed E-state index contributed by atoms with van der Waals surface area (Å²) < 4.78 is 3.09. The number of carbonyl (C=O) groups is 1. The lowest BCUT2D eigenvalue weighted by Crippen LogP contribution is -2.55. The zero-order valence-corrected chi connectivity index (χ0v) is 15.2. The molecule has 0 fully saturated rings. The summed E-state index contributed by atoms with van der Waals surface area (Å²) in [5.74, 6) is -0.287. The number of nitrogens with zero attached hydrogens (tertiary/aromatic N) is 2. The number of amides is 1. The summed E-state index contributed by atoms with van der Waals surface area (Å²) in [6.07, 6.45) is 2.63. The molecule has 1 heterocycles. The van der Waals surface area contributed by atoms with Gasteiger partial charge in [-0.3, -0.25) is 9.48 Å². The van der Waals surface area contributed by atoms with Crippen molar-refractivity contribution in [2.75, 3.05) is 0 Å². The molecule has 1 unspecified atom stereocenters. The van der Waals surface area contributed by atoms with Gasteiger partial charge in [0.25, 0.3) is 0 Å². The van der Waals surface area contributed by atoms with Crippen molar-refractivity contribution < 1.29 is 4.79 Å². The quantitative estimate of drug-likeness (QED) is 0.701. The number of unbranched alkanes of at least 4 members (excludes halogenated alkanes) is 1. The number of hydrogen-bond acceptors (Lipinski definition) is 3. The van der Waals surface area contributed by atoms with Crippen LogP contribution in [0.2, 0.25) is 0 Å². The third kappa shape index (κ3) is 4.81. The minimum atomic E-state index is -0.635. The molecule has 0 aliphatic rings. The highest BCUT2D eigenvalue weighted by molar-refractivity contribution is 9.10. The lowest BCUT2D eigenvalue weighted by Gasteiger charge is -2.29. The van der Waals surface area contributed by atoms with E-state index in [1.54, 1.807) is 0 Å². The molecule has 1 amide bonds. The highest BCUT2D eigenvalue weighted by Crippen LogP contribution is 2.21. The van der Waals surface area contributed by atoms with E-state index in [1.165, 1.54) is 0 Å². The Labute approximate surface area is 135 Å². The second-order valence-corrected chi connectivity index (χ2v) is 6.95. The molecule has 0 saturated heterocycles. The maximum absolute atomic E-state index is 11.7. The number of rotatable bonds is 8. The molecule has 5 nitrogen and oxygen atoms in total. The first-order valence-electron chi connectivity index (χ1n) is 7.44. The summed E-state index contributed by atoms with van der Waals surface area (Å²) >= 11 is 3.53. The fraction of sp³-hybridized carbons (Fsp3) is 0.733. The molecule has 0 spiro atoms. The topological polar surface area (TPSA) is 72.9 Å².